The number of carbonyl (C=O) groups is 1. The van der Waals surface area contributed by atoms with E-state index in [0.29, 0.717) is 16.1 Å². The largest absolute Gasteiger partial charge is 0.334 e. The fourth-order valence-electron chi connectivity index (χ4n) is 1.64. The minimum absolute atomic E-state index is 0.261. The Kier molecular flexibility index (Phi) is 3.94. The van der Waals surface area contributed by atoms with Crippen molar-refractivity contribution in [3.05, 3.63) is 45.7 Å². The molecular weight excluding hydrogens is 315 g/mol. The van der Waals surface area contributed by atoms with E-state index in [1.807, 2.05) is 0 Å². The second-order valence-electron chi connectivity index (χ2n) is 4.16. The molecule has 0 radical (unpaired) electrons. The number of aromatic nitrogens is 3. The van der Waals surface area contributed by atoms with Crippen molar-refractivity contribution in [1.29, 1.82) is 0 Å². The molecular formula is C12H12BrFN4O. The average molecular weight is 327 g/mol. The zero-order valence-corrected chi connectivity index (χ0v) is 12.0. The molecule has 2 rings (SSSR count). The van der Waals surface area contributed by atoms with Crippen molar-refractivity contribution >= 4 is 21.8 Å². The van der Waals surface area contributed by atoms with Gasteiger partial charge >= 0.3 is 0 Å². The molecule has 0 bridgehead atoms. The lowest BCUT2D eigenvalue weighted by molar-refractivity contribution is 0.0781. The molecule has 2 aromatic rings. The van der Waals surface area contributed by atoms with Crippen molar-refractivity contribution < 1.29 is 9.18 Å². The molecule has 1 aromatic heterocycles. The topological polar surface area (TPSA) is 61.9 Å². The maximum absolute atomic E-state index is 13.3. The first kappa shape index (κ1) is 13.7. The molecule has 1 aromatic carbocycles. The molecule has 7 heteroatoms. The van der Waals surface area contributed by atoms with Crippen LogP contribution >= 0.6 is 15.9 Å². The molecule has 0 saturated carbocycles. The highest BCUT2D eigenvalue weighted by molar-refractivity contribution is 9.10. The molecule has 0 aliphatic rings. The highest BCUT2D eigenvalue weighted by Gasteiger charge is 2.15. The molecule has 5 nitrogen and oxygen atoms in total. The highest BCUT2D eigenvalue weighted by atomic mass is 79.9. The number of aryl methyl sites for hydroxylation is 1. The zero-order valence-electron chi connectivity index (χ0n) is 10.4. The first-order valence-corrected chi connectivity index (χ1v) is 6.34. The van der Waals surface area contributed by atoms with E-state index in [-0.39, 0.29) is 18.0 Å². The van der Waals surface area contributed by atoms with E-state index >= 15 is 0 Å². The summed E-state index contributed by atoms with van der Waals surface area (Å²) in [4.78, 5) is 17.7. The maximum atomic E-state index is 13.3. The third kappa shape index (κ3) is 3.37. The van der Waals surface area contributed by atoms with Crippen LogP contribution in [0, 0.1) is 12.7 Å². The monoisotopic (exact) mass is 326 g/mol. The number of benzene rings is 1. The van der Waals surface area contributed by atoms with Crippen molar-refractivity contribution in [1.82, 2.24) is 20.1 Å². The summed E-state index contributed by atoms with van der Waals surface area (Å²) < 4.78 is 13.8. The Morgan fingerprint density at radius 3 is 2.79 bits per heavy atom. The quantitative estimate of drug-likeness (QED) is 0.941. The van der Waals surface area contributed by atoms with Gasteiger partial charge in [-0.25, -0.2) is 9.37 Å². The fraction of sp³-hybridized carbons (Fsp3) is 0.250. The predicted octanol–water partition coefficient (Wildman–Crippen LogP) is 2.29. The van der Waals surface area contributed by atoms with E-state index in [1.165, 1.54) is 17.0 Å². The molecule has 1 N–H and O–H groups in total. The number of amides is 1. The predicted molar refractivity (Wildman–Crippen MR) is 71.0 cm³/mol. The Morgan fingerprint density at radius 2 is 2.21 bits per heavy atom. The molecule has 0 aliphatic carbocycles. The van der Waals surface area contributed by atoms with Gasteiger partial charge in [-0.15, -0.1) is 0 Å². The number of carbonyl (C=O) groups excluding carboxylic acids is 1. The summed E-state index contributed by atoms with van der Waals surface area (Å²) in [5.41, 5.74) is 0.279. The second kappa shape index (κ2) is 5.48. The first-order chi connectivity index (χ1) is 8.95. The third-order valence-electron chi connectivity index (χ3n) is 2.48. The van der Waals surface area contributed by atoms with E-state index in [2.05, 4.69) is 31.1 Å². The molecule has 0 unspecified atom stereocenters. The fourth-order valence-corrected chi connectivity index (χ4v) is 2.11. The van der Waals surface area contributed by atoms with Crippen molar-refractivity contribution in [3.8, 4) is 0 Å². The minimum Gasteiger partial charge on any atom is -0.334 e. The summed E-state index contributed by atoms with van der Waals surface area (Å²) in [5, 5.41) is 6.66. The van der Waals surface area contributed by atoms with Gasteiger partial charge in [0.25, 0.3) is 5.91 Å². The Balaban J connectivity index is 2.14. The van der Waals surface area contributed by atoms with Gasteiger partial charge in [0, 0.05) is 17.1 Å². The number of aromatic amines is 1. The zero-order chi connectivity index (χ0) is 14.0. The van der Waals surface area contributed by atoms with Crippen LogP contribution in [0.4, 0.5) is 4.39 Å². The highest BCUT2D eigenvalue weighted by Crippen LogP contribution is 2.16. The number of nitrogens with zero attached hydrogens (tertiary/aromatic N) is 3. The lowest BCUT2D eigenvalue weighted by Gasteiger charge is -2.15. The van der Waals surface area contributed by atoms with Crippen molar-refractivity contribution in [2.45, 2.75) is 13.5 Å². The lowest BCUT2D eigenvalue weighted by Crippen LogP contribution is -2.26. The van der Waals surface area contributed by atoms with Gasteiger partial charge in [-0.05, 0) is 25.1 Å². The van der Waals surface area contributed by atoms with Gasteiger partial charge in [0.05, 0.1) is 6.54 Å². The van der Waals surface area contributed by atoms with Gasteiger partial charge in [-0.1, -0.05) is 15.9 Å². The first-order valence-electron chi connectivity index (χ1n) is 5.55. The van der Waals surface area contributed by atoms with Gasteiger partial charge in [-0.3, -0.25) is 9.89 Å². The Bertz CT molecular complexity index is 593. The van der Waals surface area contributed by atoms with Gasteiger partial charge in [0.1, 0.15) is 11.6 Å². The van der Waals surface area contributed by atoms with Crippen LogP contribution in [0.3, 0.4) is 0 Å². The number of rotatable bonds is 3. The van der Waals surface area contributed by atoms with Gasteiger partial charge in [0.15, 0.2) is 5.82 Å². The SMILES string of the molecule is Cc1nc(CN(C)C(=O)c2cc(F)cc(Br)c2)n[nH]1. The molecule has 1 heterocycles. The molecule has 0 spiro atoms. The van der Waals surface area contributed by atoms with Crippen LogP contribution in [0.2, 0.25) is 0 Å². The number of nitrogens with one attached hydrogen (secondary N) is 1. The molecule has 0 fully saturated rings. The van der Waals surface area contributed by atoms with Gasteiger partial charge < -0.3 is 4.90 Å². The molecule has 1 amide bonds. The third-order valence-corrected chi connectivity index (χ3v) is 2.94. The van der Waals surface area contributed by atoms with Crippen LogP contribution in [0.15, 0.2) is 22.7 Å². The van der Waals surface area contributed by atoms with E-state index in [4.69, 9.17) is 0 Å². The average Bonchev–Trinajstić information content (AvgIpc) is 2.72. The summed E-state index contributed by atoms with van der Waals surface area (Å²) in [6.45, 7) is 2.04. The van der Waals surface area contributed by atoms with Crippen molar-refractivity contribution in [2.24, 2.45) is 0 Å². The van der Waals surface area contributed by atoms with Crippen LogP contribution in [-0.4, -0.2) is 33.0 Å². The van der Waals surface area contributed by atoms with E-state index in [9.17, 15) is 9.18 Å². The number of halogens is 2. The van der Waals surface area contributed by atoms with Gasteiger partial charge in [-0.2, -0.15) is 5.10 Å². The van der Waals surface area contributed by atoms with Crippen LogP contribution in [0.25, 0.3) is 0 Å². The van der Waals surface area contributed by atoms with Crippen LogP contribution in [0.5, 0.6) is 0 Å². The summed E-state index contributed by atoms with van der Waals surface area (Å²) in [5.74, 6) is 0.454. The normalized spacial score (nSPS) is 10.5. The molecule has 0 atom stereocenters. The van der Waals surface area contributed by atoms with Crippen molar-refractivity contribution in [2.75, 3.05) is 7.05 Å². The number of hydrogen-bond acceptors (Lipinski definition) is 3. The second-order valence-corrected chi connectivity index (χ2v) is 5.07. The van der Waals surface area contributed by atoms with Crippen LogP contribution in [-0.2, 0) is 6.54 Å². The number of H-pyrrole nitrogens is 1. The van der Waals surface area contributed by atoms with E-state index in [0.717, 1.165) is 0 Å². The lowest BCUT2D eigenvalue weighted by atomic mass is 10.2. The Hall–Kier alpha value is -1.76. The Morgan fingerprint density at radius 1 is 1.47 bits per heavy atom. The summed E-state index contributed by atoms with van der Waals surface area (Å²) in [6.07, 6.45) is 0. The maximum Gasteiger partial charge on any atom is 0.254 e. The molecule has 19 heavy (non-hydrogen) atoms. The summed E-state index contributed by atoms with van der Waals surface area (Å²) >= 11 is 3.16. The summed E-state index contributed by atoms with van der Waals surface area (Å²) in [7, 11) is 1.62. The van der Waals surface area contributed by atoms with E-state index < -0.39 is 5.82 Å². The molecule has 0 saturated heterocycles. The number of hydrogen-bond donors (Lipinski definition) is 1. The van der Waals surface area contributed by atoms with Crippen LogP contribution < -0.4 is 0 Å². The minimum atomic E-state index is -0.458. The van der Waals surface area contributed by atoms with Crippen LogP contribution in [0.1, 0.15) is 22.0 Å². The molecule has 0 aliphatic heterocycles. The standard InChI is InChI=1S/C12H12BrFN4O/c1-7-15-11(17-16-7)6-18(2)12(19)8-3-9(13)5-10(14)4-8/h3-5H,6H2,1-2H3,(H,15,16,17). The Labute approximate surface area is 118 Å². The molecule has 100 valence electrons. The van der Waals surface area contributed by atoms with E-state index in [1.54, 1.807) is 20.0 Å². The summed E-state index contributed by atoms with van der Waals surface area (Å²) in [6, 6.07) is 4.08. The van der Waals surface area contributed by atoms with Crippen molar-refractivity contribution in [3.63, 3.8) is 0 Å². The smallest absolute Gasteiger partial charge is 0.254 e. The van der Waals surface area contributed by atoms with Gasteiger partial charge in [0.2, 0.25) is 0 Å².